The van der Waals surface area contributed by atoms with E-state index in [4.69, 9.17) is 10.4 Å². The number of nitriles is 1. The predicted molar refractivity (Wildman–Crippen MR) is 44.1 cm³/mol. The van der Waals surface area contributed by atoms with Crippen LogP contribution in [0.2, 0.25) is 0 Å². The molecule has 5 heteroatoms. The molecule has 1 spiro atoms. The number of hydrogen-bond donors (Lipinski definition) is 1. The van der Waals surface area contributed by atoms with Gasteiger partial charge in [-0.25, -0.2) is 4.79 Å². The Hall–Kier alpha value is -1.28. The molecule has 2 heterocycles. The molecule has 13 heavy (non-hydrogen) atoms. The van der Waals surface area contributed by atoms with E-state index in [-0.39, 0.29) is 5.41 Å². The summed E-state index contributed by atoms with van der Waals surface area (Å²) in [7, 11) is 0. The van der Waals surface area contributed by atoms with Gasteiger partial charge in [0, 0.05) is 31.6 Å². The van der Waals surface area contributed by atoms with Gasteiger partial charge in [-0.05, 0) is 0 Å². The maximum absolute atomic E-state index is 10.5. The van der Waals surface area contributed by atoms with Crippen molar-refractivity contribution in [2.24, 2.45) is 5.41 Å². The van der Waals surface area contributed by atoms with Crippen LogP contribution < -0.4 is 0 Å². The quantitative estimate of drug-likeness (QED) is 0.569. The van der Waals surface area contributed by atoms with E-state index in [9.17, 15) is 4.79 Å². The van der Waals surface area contributed by atoms with Crippen molar-refractivity contribution in [3.8, 4) is 6.07 Å². The summed E-state index contributed by atoms with van der Waals surface area (Å²) in [6, 6.07) is 2.09. The molecule has 0 unspecified atom stereocenters. The lowest BCUT2D eigenvalue weighted by molar-refractivity contribution is -0.0960. The Balaban J connectivity index is 1.76. The van der Waals surface area contributed by atoms with Gasteiger partial charge in [0.1, 0.15) is 0 Å². The van der Waals surface area contributed by atoms with Gasteiger partial charge in [-0.1, -0.05) is 0 Å². The first-order valence-electron chi connectivity index (χ1n) is 4.22. The van der Waals surface area contributed by atoms with E-state index in [0.29, 0.717) is 19.6 Å². The van der Waals surface area contributed by atoms with E-state index < -0.39 is 6.09 Å². The number of carboxylic acid groups (broad SMARTS) is 1. The molecule has 0 aromatic rings. The second-order valence-electron chi connectivity index (χ2n) is 3.94. The van der Waals surface area contributed by atoms with Gasteiger partial charge in [-0.3, -0.25) is 4.90 Å². The van der Waals surface area contributed by atoms with Crippen LogP contribution in [0.1, 0.15) is 0 Å². The maximum atomic E-state index is 10.5. The summed E-state index contributed by atoms with van der Waals surface area (Å²) < 4.78 is 0. The Labute approximate surface area is 76.2 Å². The number of hydrogen-bond acceptors (Lipinski definition) is 3. The van der Waals surface area contributed by atoms with Crippen molar-refractivity contribution in [3.63, 3.8) is 0 Å². The Morgan fingerprint density at radius 1 is 1.46 bits per heavy atom. The van der Waals surface area contributed by atoms with Crippen LogP contribution in [-0.4, -0.2) is 53.7 Å². The SMILES string of the molecule is N#CCN1CC2(C1)CN(C(=O)O)C2. The van der Waals surface area contributed by atoms with Crippen LogP contribution in [0.4, 0.5) is 4.79 Å². The molecule has 2 aliphatic rings. The lowest BCUT2D eigenvalue weighted by Crippen LogP contribution is -2.72. The van der Waals surface area contributed by atoms with Crippen molar-refractivity contribution in [2.75, 3.05) is 32.7 Å². The Kier molecular flexibility index (Phi) is 1.67. The molecule has 5 nitrogen and oxygen atoms in total. The Bertz CT molecular complexity index is 270. The monoisotopic (exact) mass is 181 g/mol. The van der Waals surface area contributed by atoms with Gasteiger partial charge in [-0.15, -0.1) is 0 Å². The molecule has 1 N–H and O–H groups in total. The molecule has 2 fully saturated rings. The third kappa shape index (κ3) is 1.23. The summed E-state index contributed by atoms with van der Waals surface area (Å²) >= 11 is 0. The van der Waals surface area contributed by atoms with Gasteiger partial charge < -0.3 is 10.0 Å². The predicted octanol–water partition coefficient (Wildman–Crippen LogP) is -0.194. The highest BCUT2D eigenvalue weighted by molar-refractivity contribution is 5.66. The third-order valence-corrected chi connectivity index (χ3v) is 2.74. The van der Waals surface area contributed by atoms with Crippen molar-refractivity contribution < 1.29 is 9.90 Å². The van der Waals surface area contributed by atoms with Gasteiger partial charge in [0.15, 0.2) is 0 Å². The van der Waals surface area contributed by atoms with Gasteiger partial charge in [0.2, 0.25) is 0 Å². The molecule has 0 bridgehead atoms. The van der Waals surface area contributed by atoms with E-state index in [1.54, 1.807) is 0 Å². The lowest BCUT2D eigenvalue weighted by atomic mass is 9.73. The fourth-order valence-electron chi connectivity index (χ4n) is 2.21. The fourth-order valence-corrected chi connectivity index (χ4v) is 2.21. The minimum atomic E-state index is -0.829. The van der Waals surface area contributed by atoms with E-state index in [1.807, 2.05) is 4.90 Å². The van der Waals surface area contributed by atoms with Crippen LogP contribution in [0.3, 0.4) is 0 Å². The highest BCUT2D eigenvalue weighted by Crippen LogP contribution is 2.39. The third-order valence-electron chi connectivity index (χ3n) is 2.74. The van der Waals surface area contributed by atoms with E-state index >= 15 is 0 Å². The summed E-state index contributed by atoms with van der Waals surface area (Å²) in [5, 5.41) is 17.0. The average Bonchev–Trinajstić information content (AvgIpc) is 1.90. The van der Waals surface area contributed by atoms with Crippen LogP contribution in [0.5, 0.6) is 0 Å². The largest absolute Gasteiger partial charge is 0.465 e. The fraction of sp³-hybridized carbons (Fsp3) is 0.750. The molecular formula is C8H11N3O2. The molecular weight excluding hydrogens is 170 g/mol. The summed E-state index contributed by atoms with van der Waals surface area (Å²) in [5.74, 6) is 0. The second-order valence-corrected chi connectivity index (χ2v) is 3.94. The molecule has 0 radical (unpaired) electrons. The normalized spacial score (nSPS) is 24.7. The summed E-state index contributed by atoms with van der Waals surface area (Å²) in [4.78, 5) is 13.9. The first-order valence-corrected chi connectivity index (χ1v) is 4.22. The smallest absolute Gasteiger partial charge is 0.407 e. The highest BCUT2D eigenvalue weighted by Gasteiger charge is 2.52. The minimum absolute atomic E-state index is 0.190. The molecule has 0 atom stereocenters. The van der Waals surface area contributed by atoms with Crippen molar-refractivity contribution in [1.29, 1.82) is 5.26 Å². The summed E-state index contributed by atoms with van der Waals surface area (Å²) in [6.45, 7) is 3.51. The molecule has 0 saturated carbocycles. The number of amides is 1. The van der Waals surface area contributed by atoms with Gasteiger partial charge in [0.25, 0.3) is 0 Å². The highest BCUT2D eigenvalue weighted by atomic mass is 16.4. The van der Waals surface area contributed by atoms with Gasteiger partial charge in [0.05, 0.1) is 12.6 Å². The molecule has 2 rings (SSSR count). The van der Waals surface area contributed by atoms with Crippen LogP contribution in [-0.2, 0) is 0 Å². The van der Waals surface area contributed by atoms with E-state index in [1.165, 1.54) is 4.90 Å². The summed E-state index contributed by atoms with van der Waals surface area (Å²) in [5.41, 5.74) is 0.190. The van der Waals surface area contributed by atoms with Crippen molar-refractivity contribution >= 4 is 6.09 Å². The Morgan fingerprint density at radius 2 is 2.08 bits per heavy atom. The number of rotatable bonds is 1. The Morgan fingerprint density at radius 3 is 2.54 bits per heavy atom. The zero-order valence-electron chi connectivity index (χ0n) is 7.23. The molecule has 0 aliphatic carbocycles. The van der Waals surface area contributed by atoms with Crippen LogP contribution >= 0.6 is 0 Å². The number of carbonyl (C=O) groups is 1. The summed E-state index contributed by atoms with van der Waals surface area (Å²) in [6.07, 6.45) is -0.829. The molecule has 1 amide bonds. The standard InChI is InChI=1S/C8H11N3O2/c9-1-2-10-3-8(4-10)5-11(6-8)7(12)13/h2-6H2,(H,12,13). The molecule has 2 aliphatic heterocycles. The van der Waals surface area contributed by atoms with Crippen molar-refractivity contribution in [2.45, 2.75) is 0 Å². The van der Waals surface area contributed by atoms with Crippen LogP contribution in [0.15, 0.2) is 0 Å². The second kappa shape index (κ2) is 2.60. The number of nitrogens with zero attached hydrogens (tertiary/aromatic N) is 3. The van der Waals surface area contributed by atoms with Crippen LogP contribution in [0, 0.1) is 16.7 Å². The molecule has 0 aromatic carbocycles. The molecule has 2 saturated heterocycles. The van der Waals surface area contributed by atoms with Crippen LogP contribution in [0.25, 0.3) is 0 Å². The zero-order chi connectivity index (χ0) is 9.47. The van der Waals surface area contributed by atoms with Crippen molar-refractivity contribution in [1.82, 2.24) is 9.80 Å². The number of likely N-dealkylation sites (tertiary alicyclic amines) is 2. The maximum Gasteiger partial charge on any atom is 0.407 e. The molecule has 0 aromatic heterocycles. The van der Waals surface area contributed by atoms with E-state index in [0.717, 1.165) is 13.1 Å². The van der Waals surface area contributed by atoms with Gasteiger partial charge in [-0.2, -0.15) is 5.26 Å². The first kappa shape index (κ1) is 8.32. The molecule has 70 valence electrons. The average molecular weight is 181 g/mol. The topological polar surface area (TPSA) is 67.6 Å². The zero-order valence-corrected chi connectivity index (χ0v) is 7.23. The van der Waals surface area contributed by atoms with Gasteiger partial charge >= 0.3 is 6.09 Å². The first-order chi connectivity index (χ1) is 6.15. The van der Waals surface area contributed by atoms with Crippen molar-refractivity contribution in [3.05, 3.63) is 0 Å². The lowest BCUT2D eigenvalue weighted by Gasteiger charge is -2.58. The minimum Gasteiger partial charge on any atom is -0.465 e. The van der Waals surface area contributed by atoms with E-state index in [2.05, 4.69) is 6.07 Å².